The Morgan fingerprint density at radius 2 is 1.83 bits per heavy atom. The lowest BCUT2D eigenvalue weighted by molar-refractivity contribution is -0.132. The van der Waals surface area contributed by atoms with Crippen LogP contribution < -0.4 is 10.2 Å². The van der Waals surface area contributed by atoms with E-state index >= 15 is 0 Å². The fourth-order valence-corrected chi connectivity index (χ4v) is 4.19. The van der Waals surface area contributed by atoms with Gasteiger partial charge in [-0.3, -0.25) is 9.59 Å². The van der Waals surface area contributed by atoms with E-state index in [1.807, 2.05) is 35.2 Å². The van der Waals surface area contributed by atoms with Crippen molar-refractivity contribution in [1.82, 2.24) is 4.90 Å². The largest absolute Gasteiger partial charge is 0.367 e. The Labute approximate surface area is 190 Å². The molecule has 2 aromatic rings. The Morgan fingerprint density at radius 3 is 2.45 bits per heavy atom. The van der Waals surface area contributed by atoms with Crippen LogP contribution in [0.25, 0.3) is 0 Å². The van der Waals surface area contributed by atoms with Gasteiger partial charge in [-0.25, -0.2) is 0 Å². The highest BCUT2D eigenvalue weighted by molar-refractivity contribution is 14.1. The summed E-state index contributed by atoms with van der Waals surface area (Å²) < 4.78 is 1.01. The maximum Gasteiger partial charge on any atom is 0.255 e. The predicted molar refractivity (Wildman–Crippen MR) is 127 cm³/mol. The molecule has 1 aliphatic rings. The van der Waals surface area contributed by atoms with E-state index in [1.165, 1.54) is 0 Å². The van der Waals surface area contributed by atoms with E-state index in [2.05, 4.69) is 46.7 Å². The van der Waals surface area contributed by atoms with Gasteiger partial charge < -0.3 is 15.1 Å². The molecule has 7 heteroatoms. The van der Waals surface area contributed by atoms with E-state index in [4.69, 9.17) is 11.6 Å². The maximum absolute atomic E-state index is 12.4. The molecule has 0 spiro atoms. The fourth-order valence-electron chi connectivity index (χ4n) is 3.35. The van der Waals surface area contributed by atoms with Crippen molar-refractivity contribution >= 4 is 57.4 Å². The topological polar surface area (TPSA) is 52.7 Å². The Morgan fingerprint density at radius 1 is 1.10 bits per heavy atom. The van der Waals surface area contributed by atoms with Gasteiger partial charge in [-0.2, -0.15) is 0 Å². The number of halogens is 2. The molecule has 1 N–H and O–H groups in total. The van der Waals surface area contributed by atoms with Gasteiger partial charge >= 0.3 is 0 Å². The summed E-state index contributed by atoms with van der Waals surface area (Å²) in [5.41, 5.74) is 2.20. The van der Waals surface area contributed by atoms with Crippen LogP contribution in [-0.2, 0) is 4.79 Å². The number of nitrogens with zero attached hydrogens (tertiary/aromatic N) is 2. The van der Waals surface area contributed by atoms with Crippen LogP contribution in [-0.4, -0.2) is 42.9 Å². The van der Waals surface area contributed by atoms with E-state index in [1.54, 1.807) is 12.1 Å². The van der Waals surface area contributed by atoms with Gasteiger partial charge in [0.05, 0.1) is 10.7 Å². The molecule has 1 fully saturated rings. The number of nitrogens with one attached hydrogen (secondary N) is 1. The molecule has 2 amide bonds. The number of amides is 2. The van der Waals surface area contributed by atoms with Crippen molar-refractivity contribution in [2.24, 2.45) is 5.92 Å². The summed E-state index contributed by atoms with van der Waals surface area (Å²) in [4.78, 5) is 28.8. The first-order valence-corrected chi connectivity index (χ1v) is 11.2. The minimum Gasteiger partial charge on any atom is -0.367 e. The Hall–Kier alpha value is -1.80. The molecule has 29 heavy (non-hydrogen) atoms. The van der Waals surface area contributed by atoms with Crippen LogP contribution in [0.1, 0.15) is 30.6 Å². The zero-order chi connectivity index (χ0) is 21.0. The summed E-state index contributed by atoms with van der Waals surface area (Å²) in [5.74, 6) is 0.432. The van der Waals surface area contributed by atoms with Gasteiger partial charge in [0.1, 0.15) is 0 Å². The van der Waals surface area contributed by atoms with Gasteiger partial charge in [0, 0.05) is 47.4 Å². The molecule has 3 rings (SSSR count). The Balaban J connectivity index is 1.61. The SMILES string of the molecule is CC(C)CC(=O)N1CCN(c2ccc(NC(=O)c3cccc(I)c3)cc2Cl)CC1. The summed E-state index contributed by atoms with van der Waals surface area (Å²) >= 11 is 8.69. The second-order valence-electron chi connectivity index (χ2n) is 7.60. The van der Waals surface area contributed by atoms with Crippen LogP contribution in [0.2, 0.25) is 5.02 Å². The first-order chi connectivity index (χ1) is 13.8. The normalized spacial score (nSPS) is 14.2. The number of hydrogen-bond acceptors (Lipinski definition) is 3. The van der Waals surface area contributed by atoms with Gasteiger partial charge in [-0.05, 0) is 64.9 Å². The quantitative estimate of drug-likeness (QED) is 0.566. The molecule has 5 nitrogen and oxygen atoms in total. The molecular weight excluding hydrogens is 501 g/mol. The third-order valence-corrected chi connectivity index (χ3v) is 5.82. The number of piperazine rings is 1. The molecule has 154 valence electrons. The third kappa shape index (κ3) is 5.85. The monoisotopic (exact) mass is 525 g/mol. The van der Waals surface area contributed by atoms with Crippen molar-refractivity contribution in [3.8, 4) is 0 Å². The van der Waals surface area contributed by atoms with Gasteiger partial charge in [0.15, 0.2) is 0 Å². The van der Waals surface area contributed by atoms with Crippen molar-refractivity contribution in [2.75, 3.05) is 36.4 Å². The second kappa shape index (κ2) is 9.80. The van der Waals surface area contributed by atoms with Gasteiger partial charge in [0.25, 0.3) is 5.91 Å². The minimum absolute atomic E-state index is 0.162. The molecule has 0 bridgehead atoms. The molecule has 0 saturated carbocycles. The van der Waals surface area contributed by atoms with E-state index in [-0.39, 0.29) is 11.8 Å². The number of rotatable bonds is 5. The molecule has 0 radical (unpaired) electrons. The minimum atomic E-state index is -0.162. The first-order valence-electron chi connectivity index (χ1n) is 9.72. The van der Waals surface area contributed by atoms with Crippen molar-refractivity contribution in [2.45, 2.75) is 20.3 Å². The van der Waals surface area contributed by atoms with E-state index in [0.717, 1.165) is 22.3 Å². The number of hydrogen-bond donors (Lipinski definition) is 1. The lowest BCUT2D eigenvalue weighted by Gasteiger charge is -2.36. The standard InChI is InChI=1S/C22H25ClIN3O2/c1-15(2)12-21(28)27-10-8-26(9-11-27)20-7-6-18(14-19(20)23)25-22(29)16-4-3-5-17(24)13-16/h3-7,13-15H,8-12H2,1-2H3,(H,25,29). The van der Waals surface area contributed by atoms with E-state index in [9.17, 15) is 9.59 Å². The highest BCUT2D eigenvalue weighted by Crippen LogP contribution is 2.30. The smallest absolute Gasteiger partial charge is 0.255 e. The molecule has 0 unspecified atom stereocenters. The van der Waals surface area contributed by atoms with Crippen LogP contribution in [0, 0.1) is 9.49 Å². The van der Waals surface area contributed by atoms with Crippen LogP contribution in [0.4, 0.5) is 11.4 Å². The summed E-state index contributed by atoms with van der Waals surface area (Å²) in [6.07, 6.45) is 0.593. The number of carbonyl (C=O) groups is 2. The van der Waals surface area contributed by atoms with Crippen LogP contribution >= 0.6 is 34.2 Å². The Bertz CT molecular complexity index is 895. The van der Waals surface area contributed by atoms with Crippen molar-refractivity contribution < 1.29 is 9.59 Å². The van der Waals surface area contributed by atoms with Crippen LogP contribution in [0.15, 0.2) is 42.5 Å². The number of benzene rings is 2. The fraction of sp³-hybridized carbons (Fsp3) is 0.364. The molecule has 1 heterocycles. The van der Waals surface area contributed by atoms with Crippen molar-refractivity contribution in [3.05, 3.63) is 56.6 Å². The van der Waals surface area contributed by atoms with Crippen LogP contribution in [0.3, 0.4) is 0 Å². The lowest BCUT2D eigenvalue weighted by atomic mass is 10.1. The highest BCUT2D eigenvalue weighted by Gasteiger charge is 2.23. The number of carbonyl (C=O) groups excluding carboxylic acids is 2. The van der Waals surface area contributed by atoms with Gasteiger partial charge in [-0.1, -0.05) is 31.5 Å². The van der Waals surface area contributed by atoms with E-state index < -0.39 is 0 Å². The Kier molecular flexibility index (Phi) is 7.40. The molecule has 1 saturated heterocycles. The predicted octanol–water partition coefficient (Wildman–Crippen LogP) is 4.89. The summed E-state index contributed by atoms with van der Waals surface area (Å²) in [6.45, 7) is 7.02. The lowest BCUT2D eigenvalue weighted by Crippen LogP contribution is -2.49. The molecule has 2 aromatic carbocycles. The van der Waals surface area contributed by atoms with Gasteiger partial charge in [0.2, 0.25) is 5.91 Å². The molecule has 0 aromatic heterocycles. The van der Waals surface area contributed by atoms with Crippen molar-refractivity contribution in [3.63, 3.8) is 0 Å². The first kappa shape index (κ1) is 21.9. The summed E-state index contributed by atoms with van der Waals surface area (Å²) in [5, 5.41) is 3.49. The molecular formula is C22H25ClIN3O2. The molecule has 1 aliphatic heterocycles. The summed E-state index contributed by atoms with van der Waals surface area (Å²) in [7, 11) is 0. The van der Waals surface area contributed by atoms with Crippen molar-refractivity contribution in [1.29, 1.82) is 0 Å². The highest BCUT2D eigenvalue weighted by atomic mass is 127. The molecule has 0 atom stereocenters. The zero-order valence-corrected chi connectivity index (χ0v) is 19.5. The van der Waals surface area contributed by atoms with E-state index in [0.29, 0.717) is 41.7 Å². The third-order valence-electron chi connectivity index (χ3n) is 4.85. The number of anilines is 2. The zero-order valence-electron chi connectivity index (χ0n) is 16.6. The average molecular weight is 526 g/mol. The van der Waals surface area contributed by atoms with Gasteiger partial charge in [-0.15, -0.1) is 0 Å². The summed E-state index contributed by atoms with van der Waals surface area (Å²) in [6, 6.07) is 13.0. The second-order valence-corrected chi connectivity index (χ2v) is 9.25. The van der Waals surface area contributed by atoms with Crippen LogP contribution in [0.5, 0.6) is 0 Å². The maximum atomic E-state index is 12.4. The average Bonchev–Trinajstić information content (AvgIpc) is 2.68. The molecule has 0 aliphatic carbocycles.